The van der Waals surface area contributed by atoms with Gasteiger partial charge < -0.3 is 11.1 Å². The van der Waals surface area contributed by atoms with Gasteiger partial charge in [0.25, 0.3) is 0 Å². The molecular weight excluding hydrogens is 647 g/mol. The highest BCUT2D eigenvalue weighted by Crippen LogP contribution is 2.35. The minimum absolute atomic E-state index is 0.169. The van der Waals surface area contributed by atoms with Gasteiger partial charge in [0.2, 0.25) is 5.82 Å². The summed E-state index contributed by atoms with van der Waals surface area (Å²) in [6.45, 7) is 2.71. The van der Waals surface area contributed by atoms with Crippen LogP contribution in [0.1, 0.15) is 24.2 Å². The fourth-order valence-electron chi connectivity index (χ4n) is 5.77. The second-order valence-electron chi connectivity index (χ2n) is 11.1. The van der Waals surface area contributed by atoms with E-state index in [0.29, 0.717) is 45.9 Å². The van der Waals surface area contributed by atoms with Gasteiger partial charge in [-0.15, -0.1) is 0 Å². The fraction of sp³-hybridized carbons (Fsp3) is 0.176. The number of nitrogens with zero attached hydrogens (tertiary/aromatic N) is 8. The fourth-order valence-corrected chi connectivity index (χ4v) is 6.30. The number of nitrogen functional groups attached to an aromatic ring is 1. The first kappa shape index (κ1) is 29.5. The van der Waals surface area contributed by atoms with E-state index in [9.17, 15) is 4.39 Å². The van der Waals surface area contributed by atoms with Crippen molar-refractivity contribution in [2.24, 2.45) is 0 Å². The number of piperidine rings is 1. The Morgan fingerprint density at radius 2 is 1.74 bits per heavy atom. The summed E-state index contributed by atoms with van der Waals surface area (Å²) < 4.78 is 16.4. The van der Waals surface area contributed by atoms with Gasteiger partial charge in [0, 0.05) is 53.8 Å². The van der Waals surface area contributed by atoms with Crippen LogP contribution in [0.4, 0.5) is 16.0 Å². The van der Waals surface area contributed by atoms with Crippen LogP contribution in [0.15, 0.2) is 89.7 Å². The summed E-state index contributed by atoms with van der Waals surface area (Å²) in [6, 6.07) is 24.4. The minimum Gasteiger partial charge on any atom is -0.383 e. The topological polar surface area (TPSA) is 134 Å². The predicted octanol–water partition coefficient (Wildman–Crippen LogP) is 6.37. The minimum atomic E-state index is -0.307. The molecular formula is C34H28BrFN10. The largest absolute Gasteiger partial charge is 0.383 e. The molecule has 0 spiro atoms. The Hall–Kier alpha value is -5.25. The molecule has 0 radical (unpaired) electrons. The third-order valence-electron chi connectivity index (χ3n) is 8.08. The second-order valence-corrected chi connectivity index (χ2v) is 12.0. The number of halogens is 2. The van der Waals surface area contributed by atoms with E-state index in [1.54, 1.807) is 30.6 Å². The molecule has 0 atom stereocenters. The lowest BCUT2D eigenvalue weighted by Gasteiger charge is -2.32. The number of likely N-dealkylation sites (tertiary alicyclic amines) is 1. The van der Waals surface area contributed by atoms with Crippen LogP contribution in [-0.2, 0) is 6.54 Å². The average Bonchev–Trinajstić information content (AvgIpc) is 3.44. The van der Waals surface area contributed by atoms with E-state index < -0.39 is 0 Å². The maximum atomic E-state index is 13.7. The molecule has 10 nitrogen and oxygen atoms in total. The van der Waals surface area contributed by atoms with E-state index in [-0.39, 0.29) is 11.6 Å². The maximum Gasteiger partial charge on any atom is 0.234 e. The summed E-state index contributed by atoms with van der Waals surface area (Å²) in [5, 5.41) is 12.5. The first-order valence-corrected chi connectivity index (χ1v) is 15.6. The molecule has 0 amide bonds. The monoisotopic (exact) mass is 674 g/mol. The molecule has 0 saturated carbocycles. The van der Waals surface area contributed by atoms with Crippen molar-refractivity contribution in [3.8, 4) is 34.4 Å². The quantitative estimate of drug-likeness (QED) is 0.198. The number of benzene rings is 2. The third kappa shape index (κ3) is 6.02. The van der Waals surface area contributed by atoms with Crippen LogP contribution in [0, 0.1) is 17.1 Å². The molecule has 1 aliphatic rings. The molecule has 0 bridgehead atoms. The van der Waals surface area contributed by atoms with Crippen molar-refractivity contribution in [2.75, 3.05) is 24.1 Å². The van der Waals surface area contributed by atoms with Crippen LogP contribution in [0.3, 0.4) is 0 Å². The number of pyridine rings is 2. The highest BCUT2D eigenvalue weighted by Gasteiger charge is 2.22. The number of nitrogens with one attached hydrogen (secondary N) is 1. The normalized spacial score (nSPS) is 13.9. The van der Waals surface area contributed by atoms with Crippen molar-refractivity contribution in [3.63, 3.8) is 0 Å². The van der Waals surface area contributed by atoms with E-state index >= 15 is 0 Å². The summed E-state index contributed by atoms with van der Waals surface area (Å²) >= 11 is 3.65. The van der Waals surface area contributed by atoms with Crippen LogP contribution in [0.2, 0.25) is 0 Å². The molecule has 7 rings (SSSR count). The SMILES string of the molecule is N#Cc1nccc(NC2CCN(Cc3ccc(-n4c(-c5cccnc5N)nc5cc(Br)c(-c6ccc(F)cc6)nc54)cc3)CC2)n1. The Labute approximate surface area is 272 Å². The lowest BCUT2D eigenvalue weighted by atomic mass is 10.0. The Morgan fingerprint density at radius 3 is 2.48 bits per heavy atom. The Balaban J connectivity index is 1.15. The van der Waals surface area contributed by atoms with E-state index in [4.69, 9.17) is 21.0 Å². The molecule has 1 saturated heterocycles. The lowest BCUT2D eigenvalue weighted by molar-refractivity contribution is 0.211. The number of hydrogen-bond acceptors (Lipinski definition) is 9. The van der Waals surface area contributed by atoms with Crippen molar-refractivity contribution < 1.29 is 4.39 Å². The van der Waals surface area contributed by atoms with Crippen LogP contribution in [0.25, 0.3) is 39.5 Å². The molecule has 228 valence electrons. The Bertz CT molecular complexity index is 2060. The highest BCUT2D eigenvalue weighted by molar-refractivity contribution is 9.10. The van der Waals surface area contributed by atoms with Crippen molar-refractivity contribution in [3.05, 3.63) is 107 Å². The van der Waals surface area contributed by atoms with Gasteiger partial charge in [-0.05, 0) is 95.0 Å². The number of rotatable bonds is 7. The number of imidazole rings is 1. The van der Waals surface area contributed by atoms with Gasteiger partial charge in [0.15, 0.2) is 11.5 Å². The zero-order chi connectivity index (χ0) is 31.6. The Morgan fingerprint density at radius 1 is 0.957 bits per heavy atom. The predicted molar refractivity (Wildman–Crippen MR) is 178 cm³/mol. The first-order chi connectivity index (χ1) is 22.4. The van der Waals surface area contributed by atoms with Crippen LogP contribution < -0.4 is 11.1 Å². The molecule has 3 N–H and O–H groups in total. The van der Waals surface area contributed by atoms with Crippen LogP contribution in [0.5, 0.6) is 0 Å². The van der Waals surface area contributed by atoms with Crippen LogP contribution in [-0.4, -0.2) is 53.5 Å². The van der Waals surface area contributed by atoms with Gasteiger partial charge in [-0.1, -0.05) is 12.1 Å². The summed E-state index contributed by atoms with van der Waals surface area (Å²) in [6.07, 6.45) is 5.20. The highest BCUT2D eigenvalue weighted by atomic mass is 79.9. The van der Waals surface area contributed by atoms with E-state index in [1.807, 2.05) is 28.8 Å². The van der Waals surface area contributed by atoms with Gasteiger partial charge in [-0.25, -0.2) is 29.3 Å². The van der Waals surface area contributed by atoms with E-state index in [1.165, 1.54) is 17.7 Å². The standard InChI is InChI=1S/C34H28BrFN10/c35-27-18-28-34(44-31(27)22-5-7-23(36)8-6-22)46(33(42-28)26-2-1-14-40-32(26)38)25-9-3-21(4-10-25)20-45-16-12-24(13-17-45)41-29-11-15-39-30(19-37)43-29/h1-11,14-15,18,24H,12-13,16-17,20H2,(H2,38,40)(H,39,41,43). The van der Waals surface area contributed by atoms with Gasteiger partial charge >= 0.3 is 0 Å². The molecule has 0 aliphatic carbocycles. The first-order valence-electron chi connectivity index (χ1n) is 14.8. The molecule has 1 fully saturated rings. The lowest BCUT2D eigenvalue weighted by Crippen LogP contribution is -2.38. The molecule has 5 heterocycles. The number of nitriles is 1. The number of fused-ring (bicyclic) bond motifs is 1. The molecule has 1 aliphatic heterocycles. The van der Waals surface area contributed by atoms with Crippen molar-refractivity contribution in [1.29, 1.82) is 5.26 Å². The summed E-state index contributed by atoms with van der Waals surface area (Å²) in [5.41, 5.74) is 11.9. The summed E-state index contributed by atoms with van der Waals surface area (Å²) in [7, 11) is 0. The number of nitrogens with two attached hydrogens (primary N) is 1. The molecule has 6 aromatic rings. The number of hydrogen-bond donors (Lipinski definition) is 2. The Kier molecular flexibility index (Phi) is 8.09. The van der Waals surface area contributed by atoms with Crippen molar-refractivity contribution >= 4 is 38.7 Å². The van der Waals surface area contributed by atoms with Crippen molar-refractivity contribution in [1.82, 2.24) is 34.4 Å². The number of anilines is 2. The summed E-state index contributed by atoms with van der Waals surface area (Å²) in [5.74, 6) is 1.55. The average molecular weight is 676 g/mol. The van der Waals surface area contributed by atoms with E-state index in [0.717, 1.165) is 48.2 Å². The van der Waals surface area contributed by atoms with Gasteiger partial charge in [-0.3, -0.25) is 9.47 Å². The van der Waals surface area contributed by atoms with Gasteiger partial charge in [0.1, 0.15) is 29.0 Å². The zero-order valence-corrected chi connectivity index (χ0v) is 26.2. The number of aromatic nitrogens is 6. The zero-order valence-electron chi connectivity index (χ0n) is 24.6. The third-order valence-corrected chi connectivity index (χ3v) is 8.68. The molecule has 4 aromatic heterocycles. The van der Waals surface area contributed by atoms with Gasteiger partial charge in [0.05, 0.1) is 11.3 Å². The second kappa shape index (κ2) is 12.6. The van der Waals surface area contributed by atoms with Crippen LogP contribution >= 0.6 is 15.9 Å². The van der Waals surface area contributed by atoms with Gasteiger partial charge in [-0.2, -0.15) is 5.26 Å². The molecule has 0 unspecified atom stereocenters. The smallest absolute Gasteiger partial charge is 0.234 e. The molecule has 46 heavy (non-hydrogen) atoms. The molecule has 12 heteroatoms. The van der Waals surface area contributed by atoms with Crippen molar-refractivity contribution in [2.45, 2.75) is 25.4 Å². The maximum absolute atomic E-state index is 13.7. The summed E-state index contributed by atoms with van der Waals surface area (Å²) in [4.78, 5) is 24.9. The molecule has 2 aromatic carbocycles. The van der Waals surface area contributed by atoms with E-state index in [2.05, 4.69) is 65.4 Å².